The second-order valence-electron chi connectivity index (χ2n) is 11.2. The third-order valence-electron chi connectivity index (χ3n) is 7.96. The van der Waals surface area contributed by atoms with E-state index in [2.05, 4.69) is 42.0 Å². The number of carbonyl (C=O) groups excluding carboxylic acids is 1. The Kier molecular flexibility index (Phi) is 6.50. The number of fused-ring (bicyclic) bond motifs is 2. The molecule has 0 radical (unpaired) electrons. The molecule has 2 aromatic carbocycles. The molecule has 2 fully saturated rings. The number of rotatable bonds is 8. The van der Waals surface area contributed by atoms with Crippen LogP contribution in [0.15, 0.2) is 55.1 Å². The average molecular weight is 551 g/mol. The summed E-state index contributed by atoms with van der Waals surface area (Å²) in [5, 5.41) is 21.4. The van der Waals surface area contributed by atoms with Gasteiger partial charge in [-0.1, -0.05) is 0 Å². The van der Waals surface area contributed by atoms with Crippen LogP contribution >= 0.6 is 0 Å². The molecule has 0 unspecified atom stereocenters. The fourth-order valence-corrected chi connectivity index (χ4v) is 5.83. The predicted octanol–water partition coefficient (Wildman–Crippen LogP) is 3.84. The highest BCUT2D eigenvalue weighted by Crippen LogP contribution is 2.32. The number of nitrogens with zero attached hydrogens (tertiary/aromatic N) is 7. The van der Waals surface area contributed by atoms with E-state index in [0.29, 0.717) is 35.3 Å². The Labute approximate surface area is 238 Å². The van der Waals surface area contributed by atoms with Crippen LogP contribution in [0.3, 0.4) is 0 Å². The molecule has 3 N–H and O–H groups in total. The van der Waals surface area contributed by atoms with Crippen LogP contribution in [0.2, 0.25) is 0 Å². The Morgan fingerprint density at radius 2 is 1.66 bits per heavy atom. The van der Waals surface area contributed by atoms with Crippen LogP contribution < -0.4 is 20.9 Å². The molecule has 4 heterocycles. The van der Waals surface area contributed by atoms with Crippen LogP contribution in [-0.2, 0) is 20.6 Å². The Morgan fingerprint density at radius 3 is 2.44 bits per heavy atom. The van der Waals surface area contributed by atoms with Crippen LogP contribution in [0.4, 0.5) is 17.3 Å². The van der Waals surface area contributed by atoms with Crippen LogP contribution in [0.5, 0.6) is 0 Å². The molecule has 1 saturated heterocycles. The molecular weight excluding hydrogens is 516 g/mol. The number of hydrogen-bond acceptors (Lipinski definition) is 8. The van der Waals surface area contributed by atoms with Crippen molar-refractivity contribution in [3.63, 3.8) is 0 Å². The molecule has 7 rings (SSSR count). The summed E-state index contributed by atoms with van der Waals surface area (Å²) in [5.41, 5.74) is 4.90. The molecule has 0 atom stereocenters. The van der Waals surface area contributed by atoms with E-state index in [0.717, 1.165) is 59.5 Å². The maximum absolute atomic E-state index is 13.7. The van der Waals surface area contributed by atoms with E-state index in [1.165, 1.54) is 12.8 Å². The number of hydrogen-bond donors (Lipinski definition) is 3. The van der Waals surface area contributed by atoms with E-state index in [4.69, 9.17) is 5.10 Å². The van der Waals surface area contributed by atoms with Crippen molar-refractivity contribution in [2.45, 2.75) is 44.3 Å². The van der Waals surface area contributed by atoms with Crippen molar-refractivity contribution in [1.29, 1.82) is 0 Å². The number of aryl methyl sites for hydroxylation is 2. The van der Waals surface area contributed by atoms with Crippen molar-refractivity contribution >= 4 is 45.0 Å². The van der Waals surface area contributed by atoms with E-state index in [1.54, 1.807) is 27.8 Å². The summed E-state index contributed by atoms with van der Waals surface area (Å²) in [6.45, 7) is 2.46. The zero-order valence-corrected chi connectivity index (χ0v) is 23.3. The molecule has 1 saturated carbocycles. The second kappa shape index (κ2) is 10.5. The molecule has 11 nitrogen and oxygen atoms in total. The first-order chi connectivity index (χ1) is 20.0. The molecule has 5 aromatic rings. The van der Waals surface area contributed by atoms with E-state index in [1.807, 2.05) is 44.7 Å². The summed E-state index contributed by atoms with van der Waals surface area (Å²) in [7, 11) is 3.80. The van der Waals surface area contributed by atoms with Gasteiger partial charge in [-0.2, -0.15) is 10.2 Å². The largest absolute Gasteiger partial charge is 0.371 e. The summed E-state index contributed by atoms with van der Waals surface area (Å²) < 4.78 is 3.57. The second-order valence-corrected chi connectivity index (χ2v) is 11.2. The monoisotopic (exact) mass is 550 g/mol. The lowest BCUT2D eigenvalue weighted by atomic mass is 10.0. The molecule has 2 aliphatic rings. The molecule has 1 aliphatic carbocycles. The van der Waals surface area contributed by atoms with Gasteiger partial charge in [-0.05, 0) is 56.0 Å². The predicted molar refractivity (Wildman–Crippen MR) is 160 cm³/mol. The first-order valence-corrected chi connectivity index (χ1v) is 14.3. The minimum absolute atomic E-state index is 0.193. The van der Waals surface area contributed by atoms with Gasteiger partial charge in [-0.25, -0.2) is 9.97 Å². The van der Waals surface area contributed by atoms with Gasteiger partial charge in [-0.3, -0.25) is 14.2 Å². The van der Waals surface area contributed by atoms with Crippen molar-refractivity contribution in [3.05, 3.63) is 66.2 Å². The minimum Gasteiger partial charge on any atom is -0.371 e. The van der Waals surface area contributed by atoms with Gasteiger partial charge in [0.1, 0.15) is 5.52 Å². The van der Waals surface area contributed by atoms with E-state index in [-0.39, 0.29) is 5.91 Å². The first kappa shape index (κ1) is 25.5. The number of carbonyl (C=O) groups is 1. The summed E-state index contributed by atoms with van der Waals surface area (Å²) in [5.74, 6) is 0.341. The van der Waals surface area contributed by atoms with Crippen molar-refractivity contribution in [1.82, 2.24) is 34.8 Å². The number of nitrogens with one attached hydrogen (secondary N) is 3. The fourth-order valence-electron chi connectivity index (χ4n) is 5.83. The molecule has 0 spiro atoms. The quantitative estimate of drug-likeness (QED) is 0.267. The third kappa shape index (κ3) is 5.32. The molecule has 210 valence electrons. The Balaban J connectivity index is 1.13. The molecule has 1 aliphatic heterocycles. The lowest BCUT2D eigenvalue weighted by molar-refractivity contribution is 0.102. The SMILES string of the molecule is Cn1cc2cc(NC(=O)c3ccc(N4CCC(NC5CC5)CC4)c4cn(C)nc34)cc(CNc3ncccn3)c2n1. The van der Waals surface area contributed by atoms with Gasteiger partial charge in [0.2, 0.25) is 5.95 Å². The Hall–Kier alpha value is -4.51. The van der Waals surface area contributed by atoms with Crippen LogP contribution in [0.25, 0.3) is 21.8 Å². The zero-order valence-electron chi connectivity index (χ0n) is 23.3. The van der Waals surface area contributed by atoms with Gasteiger partial charge in [0.15, 0.2) is 0 Å². The molecular formula is C30H34N10O. The van der Waals surface area contributed by atoms with Crippen molar-refractivity contribution < 1.29 is 4.79 Å². The third-order valence-corrected chi connectivity index (χ3v) is 7.96. The molecule has 1 amide bonds. The fraction of sp³-hybridized carbons (Fsp3) is 0.367. The van der Waals surface area contributed by atoms with Crippen LogP contribution in [0.1, 0.15) is 41.6 Å². The van der Waals surface area contributed by atoms with Gasteiger partial charge in [0.05, 0.1) is 11.1 Å². The summed E-state index contributed by atoms with van der Waals surface area (Å²) in [6.07, 6.45) is 12.3. The number of piperidine rings is 1. The van der Waals surface area contributed by atoms with Gasteiger partial charge in [0, 0.05) is 98.3 Å². The number of anilines is 3. The summed E-state index contributed by atoms with van der Waals surface area (Å²) in [4.78, 5) is 24.6. The molecule has 41 heavy (non-hydrogen) atoms. The van der Waals surface area contributed by atoms with E-state index >= 15 is 0 Å². The van der Waals surface area contributed by atoms with Crippen LogP contribution in [0, 0.1) is 0 Å². The lowest BCUT2D eigenvalue weighted by Crippen LogP contribution is -2.43. The minimum atomic E-state index is -0.193. The maximum atomic E-state index is 13.7. The number of benzene rings is 2. The Bertz CT molecular complexity index is 1710. The van der Waals surface area contributed by atoms with Crippen molar-refractivity contribution in [3.8, 4) is 0 Å². The highest BCUT2D eigenvalue weighted by molar-refractivity contribution is 6.14. The average Bonchev–Trinajstić information content (AvgIpc) is 3.57. The highest BCUT2D eigenvalue weighted by atomic mass is 16.1. The number of amides is 1. The Morgan fingerprint density at radius 1 is 0.927 bits per heavy atom. The first-order valence-electron chi connectivity index (χ1n) is 14.3. The van der Waals surface area contributed by atoms with Gasteiger partial charge < -0.3 is 20.9 Å². The van der Waals surface area contributed by atoms with Crippen molar-refractivity contribution in [2.24, 2.45) is 14.1 Å². The van der Waals surface area contributed by atoms with Gasteiger partial charge in [-0.15, -0.1) is 0 Å². The van der Waals surface area contributed by atoms with E-state index < -0.39 is 0 Å². The topological polar surface area (TPSA) is 118 Å². The number of aromatic nitrogens is 6. The van der Waals surface area contributed by atoms with Crippen LogP contribution in [-0.4, -0.2) is 60.6 Å². The highest BCUT2D eigenvalue weighted by Gasteiger charge is 2.28. The van der Waals surface area contributed by atoms with Gasteiger partial charge >= 0.3 is 0 Å². The lowest BCUT2D eigenvalue weighted by Gasteiger charge is -2.34. The molecule has 3 aromatic heterocycles. The molecule has 11 heteroatoms. The maximum Gasteiger partial charge on any atom is 0.257 e. The van der Waals surface area contributed by atoms with E-state index in [9.17, 15) is 4.79 Å². The normalized spacial score (nSPS) is 16.0. The standard InChI is InChI=1S/C30H34N10O/c1-38-17-20-15-23(14-19(27(20)36-38)16-33-30-31-10-3-11-32-30)35-29(41)24-6-7-26(25-18-39(2)37-28(24)25)40-12-8-22(9-13-40)34-21-4-5-21/h3,6-7,10-11,14-15,17-18,21-22,34H,4-5,8-9,12-13,16H2,1-2H3,(H,35,41)(H,31,32,33). The summed E-state index contributed by atoms with van der Waals surface area (Å²) >= 11 is 0. The smallest absolute Gasteiger partial charge is 0.257 e. The molecule has 0 bridgehead atoms. The summed E-state index contributed by atoms with van der Waals surface area (Å²) in [6, 6.07) is 11.0. The zero-order chi connectivity index (χ0) is 27.9. The van der Waals surface area contributed by atoms with Gasteiger partial charge in [0.25, 0.3) is 5.91 Å². The van der Waals surface area contributed by atoms with Crippen molar-refractivity contribution in [2.75, 3.05) is 28.6 Å².